The summed E-state index contributed by atoms with van der Waals surface area (Å²) in [6, 6.07) is 1.76. The van der Waals surface area contributed by atoms with Gasteiger partial charge in [-0.3, -0.25) is 9.97 Å². The second-order valence-electron chi connectivity index (χ2n) is 2.62. The van der Waals surface area contributed by atoms with Crippen LogP contribution in [0.1, 0.15) is 0 Å². The van der Waals surface area contributed by atoms with Crippen LogP contribution in [0.3, 0.4) is 0 Å². The van der Waals surface area contributed by atoms with Gasteiger partial charge in [0.05, 0.1) is 23.1 Å². The van der Waals surface area contributed by atoms with Crippen LogP contribution in [0.25, 0.3) is 11.3 Å². The van der Waals surface area contributed by atoms with Crippen molar-refractivity contribution in [3.8, 4) is 11.3 Å². The van der Waals surface area contributed by atoms with Gasteiger partial charge < -0.3 is 0 Å². The van der Waals surface area contributed by atoms with E-state index < -0.39 is 0 Å². The Morgan fingerprint density at radius 2 is 1.71 bits per heavy atom. The molecule has 2 rings (SSSR count). The second-order valence-corrected chi connectivity index (χ2v) is 3.44. The second kappa shape index (κ2) is 3.90. The Hall–Kier alpha value is -1.19. The van der Waals surface area contributed by atoms with Crippen LogP contribution in [-0.4, -0.2) is 15.0 Å². The molecular formula is C9H5Cl2N3. The zero-order valence-electron chi connectivity index (χ0n) is 6.98. The first kappa shape index (κ1) is 9.37. The van der Waals surface area contributed by atoms with Gasteiger partial charge in [-0.05, 0) is 6.07 Å². The summed E-state index contributed by atoms with van der Waals surface area (Å²) >= 11 is 11.5. The molecule has 0 fully saturated rings. The maximum absolute atomic E-state index is 5.79. The summed E-state index contributed by atoms with van der Waals surface area (Å²) in [5.74, 6) is 0. The number of aromatic nitrogens is 3. The van der Waals surface area contributed by atoms with Gasteiger partial charge in [-0.1, -0.05) is 23.2 Å². The van der Waals surface area contributed by atoms with E-state index in [1.165, 1.54) is 6.20 Å². The molecule has 0 aliphatic heterocycles. The molecule has 0 amide bonds. The maximum Gasteiger partial charge on any atom is 0.148 e. The van der Waals surface area contributed by atoms with Crippen molar-refractivity contribution >= 4 is 23.2 Å². The molecule has 0 N–H and O–H groups in total. The number of rotatable bonds is 1. The van der Waals surface area contributed by atoms with Gasteiger partial charge >= 0.3 is 0 Å². The average Bonchev–Trinajstić information content (AvgIpc) is 2.18. The smallest absolute Gasteiger partial charge is 0.148 e. The van der Waals surface area contributed by atoms with E-state index in [0.29, 0.717) is 15.9 Å². The number of hydrogen-bond acceptors (Lipinski definition) is 3. The van der Waals surface area contributed by atoms with Gasteiger partial charge in [-0.2, -0.15) is 0 Å². The Bertz CT molecular complexity index is 416. The van der Waals surface area contributed by atoms with E-state index in [9.17, 15) is 0 Å². The van der Waals surface area contributed by atoms with E-state index in [4.69, 9.17) is 23.2 Å². The van der Waals surface area contributed by atoms with Crippen molar-refractivity contribution in [2.45, 2.75) is 0 Å². The monoisotopic (exact) mass is 225 g/mol. The first-order chi connectivity index (χ1) is 6.75. The molecule has 0 aromatic carbocycles. The zero-order chi connectivity index (χ0) is 9.97. The molecule has 5 heteroatoms. The number of hydrogen-bond donors (Lipinski definition) is 0. The fourth-order valence-corrected chi connectivity index (χ4v) is 1.35. The first-order valence-corrected chi connectivity index (χ1v) is 4.60. The Morgan fingerprint density at radius 1 is 0.929 bits per heavy atom. The molecule has 0 radical (unpaired) electrons. The van der Waals surface area contributed by atoms with Crippen LogP contribution in [0.2, 0.25) is 10.2 Å². The highest BCUT2D eigenvalue weighted by molar-refractivity contribution is 6.30. The Morgan fingerprint density at radius 3 is 2.43 bits per heavy atom. The van der Waals surface area contributed by atoms with Crippen LogP contribution in [0.4, 0.5) is 0 Å². The van der Waals surface area contributed by atoms with E-state index in [2.05, 4.69) is 15.0 Å². The lowest BCUT2D eigenvalue weighted by Gasteiger charge is -1.99. The molecular weight excluding hydrogens is 221 g/mol. The molecule has 0 aliphatic carbocycles. The minimum atomic E-state index is 0.350. The van der Waals surface area contributed by atoms with Gasteiger partial charge in [0.15, 0.2) is 0 Å². The third-order valence-corrected chi connectivity index (χ3v) is 1.99. The summed E-state index contributed by atoms with van der Waals surface area (Å²) < 4.78 is 0. The Balaban J connectivity index is 2.49. The van der Waals surface area contributed by atoms with Crippen molar-refractivity contribution in [1.82, 2.24) is 15.0 Å². The minimum absolute atomic E-state index is 0.350. The maximum atomic E-state index is 5.79. The van der Waals surface area contributed by atoms with Crippen LogP contribution in [0, 0.1) is 0 Å². The molecule has 2 aromatic rings. The molecule has 70 valence electrons. The highest BCUT2D eigenvalue weighted by Crippen LogP contribution is 2.19. The molecule has 0 saturated carbocycles. The van der Waals surface area contributed by atoms with Gasteiger partial charge in [0.2, 0.25) is 0 Å². The average molecular weight is 226 g/mol. The standard InChI is InChI=1S/C9H5Cl2N3/c10-7-1-6(2-12-3-7)8-4-13-5-9(11)14-8/h1-5H. The summed E-state index contributed by atoms with van der Waals surface area (Å²) in [7, 11) is 0. The molecule has 0 spiro atoms. The number of nitrogens with zero attached hydrogens (tertiary/aromatic N) is 3. The van der Waals surface area contributed by atoms with E-state index in [-0.39, 0.29) is 0 Å². The van der Waals surface area contributed by atoms with Gasteiger partial charge in [0.25, 0.3) is 0 Å². The SMILES string of the molecule is Clc1cncc(-c2cncc(Cl)n2)c1. The van der Waals surface area contributed by atoms with Crippen LogP contribution in [0.15, 0.2) is 30.9 Å². The van der Waals surface area contributed by atoms with E-state index in [0.717, 1.165) is 5.56 Å². The predicted molar refractivity (Wildman–Crippen MR) is 55.3 cm³/mol. The fourth-order valence-electron chi connectivity index (χ4n) is 1.03. The minimum Gasteiger partial charge on any atom is -0.262 e. The third-order valence-electron chi connectivity index (χ3n) is 1.61. The molecule has 0 bridgehead atoms. The molecule has 14 heavy (non-hydrogen) atoms. The van der Waals surface area contributed by atoms with Crippen molar-refractivity contribution in [3.05, 3.63) is 41.0 Å². The Kier molecular flexibility index (Phi) is 2.61. The molecule has 0 saturated heterocycles. The predicted octanol–water partition coefficient (Wildman–Crippen LogP) is 2.85. The van der Waals surface area contributed by atoms with Gasteiger partial charge in [0, 0.05) is 18.0 Å². The highest BCUT2D eigenvalue weighted by atomic mass is 35.5. The zero-order valence-corrected chi connectivity index (χ0v) is 8.50. The van der Waals surface area contributed by atoms with Crippen LogP contribution in [0.5, 0.6) is 0 Å². The third kappa shape index (κ3) is 2.00. The van der Waals surface area contributed by atoms with Crippen molar-refractivity contribution < 1.29 is 0 Å². The molecule has 3 nitrogen and oxygen atoms in total. The largest absolute Gasteiger partial charge is 0.262 e. The molecule has 0 unspecified atom stereocenters. The van der Waals surface area contributed by atoms with Crippen LogP contribution < -0.4 is 0 Å². The van der Waals surface area contributed by atoms with Gasteiger partial charge in [-0.15, -0.1) is 0 Å². The normalized spacial score (nSPS) is 10.1. The topological polar surface area (TPSA) is 38.7 Å². The quantitative estimate of drug-likeness (QED) is 0.750. The van der Waals surface area contributed by atoms with Crippen molar-refractivity contribution in [2.24, 2.45) is 0 Å². The summed E-state index contributed by atoms with van der Waals surface area (Å²) in [4.78, 5) is 12.0. The fraction of sp³-hybridized carbons (Fsp3) is 0. The lowest BCUT2D eigenvalue weighted by Crippen LogP contribution is -1.86. The van der Waals surface area contributed by atoms with Crippen LogP contribution in [-0.2, 0) is 0 Å². The first-order valence-electron chi connectivity index (χ1n) is 3.84. The lowest BCUT2D eigenvalue weighted by atomic mass is 10.2. The van der Waals surface area contributed by atoms with Crippen molar-refractivity contribution in [2.75, 3.05) is 0 Å². The highest BCUT2D eigenvalue weighted by Gasteiger charge is 2.01. The van der Waals surface area contributed by atoms with Gasteiger partial charge in [-0.25, -0.2) is 4.98 Å². The van der Waals surface area contributed by atoms with Gasteiger partial charge in [0.1, 0.15) is 5.15 Å². The van der Waals surface area contributed by atoms with Crippen molar-refractivity contribution in [1.29, 1.82) is 0 Å². The molecule has 2 aromatic heterocycles. The summed E-state index contributed by atoms with van der Waals surface area (Å²) in [5.41, 5.74) is 1.46. The summed E-state index contributed by atoms with van der Waals surface area (Å²) in [5, 5.41) is 0.909. The molecule has 2 heterocycles. The Labute approximate surface area is 90.8 Å². The summed E-state index contributed by atoms with van der Waals surface area (Å²) in [6.45, 7) is 0. The van der Waals surface area contributed by atoms with Crippen LogP contribution >= 0.6 is 23.2 Å². The van der Waals surface area contributed by atoms with E-state index >= 15 is 0 Å². The van der Waals surface area contributed by atoms with E-state index in [1.54, 1.807) is 24.7 Å². The lowest BCUT2D eigenvalue weighted by molar-refractivity contribution is 1.19. The molecule has 0 atom stereocenters. The van der Waals surface area contributed by atoms with Crippen molar-refractivity contribution in [3.63, 3.8) is 0 Å². The summed E-state index contributed by atoms with van der Waals surface area (Å²) in [6.07, 6.45) is 6.30. The number of pyridine rings is 1. The molecule has 0 aliphatic rings. The van der Waals surface area contributed by atoms with E-state index in [1.807, 2.05) is 0 Å². The number of halogens is 2.